The summed E-state index contributed by atoms with van der Waals surface area (Å²) in [5.41, 5.74) is -0.689. The Hall–Kier alpha value is -1.39. The number of unbranched alkanes of at least 4 members (excludes halogenated alkanes) is 1. The van der Waals surface area contributed by atoms with Crippen molar-refractivity contribution in [1.82, 2.24) is 9.80 Å². The van der Waals surface area contributed by atoms with E-state index in [9.17, 15) is 9.59 Å². The van der Waals surface area contributed by atoms with E-state index in [1.54, 1.807) is 0 Å². The molecule has 3 aliphatic rings. The van der Waals surface area contributed by atoms with Crippen LogP contribution in [0.5, 0.6) is 0 Å². The predicted octanol–water partition coefficient (Wildman–Crippen LogP) is 2.99. The molecule has 2 heterocycles. The fraction of sp³-hybridized carbons (Fsp3) is 0.842. The second-order valence-corrected chi connectivity index (χ2v) is 7.56. The number of piperidine rings is 1. The highest BCUT2D eigenvalue weighted by atomic mass is 16.2. The number of aliphatic imine (C=N–C) groups is 1. The van der Waals surface area contributed by atoms with Gasteiger partial charge < -0.3 is 4.90 Å². The van der Waals surface area contributed by atoms with Gasteiger partial charge in [0.2, 0.25) is 5.91 Å². The Morgan fingerprint density at radius 1 is 1.25 bits per heavy atom. The van der Waals surface area contributed by atoms with Crippen LogP contribution in [0.2, 0.25) is 0 Å². The van der Waals surface area contributed by atoms with Gasteiger partial charge in [-0.25, -0.2) is 0 Å². The highest BCUT2D eigenvalue weighted by Crippen LogP contribution is 2.35. The summed E-state index contributed by atoms with van der Waals surface area (Å²) in [7, 11) is 0. The van der Waals surface area contributed by atoms with E-state index in [2.05, 4.69) is 6.92 Å². The monoisotopic (exact) mass is 333 g/mol. The normalized spacial score (nSPS) is 28.1. The number of carbonyl (C=O) groups is 2. The van der Waals surface area contributed by atoms with Crippen molar-refractivity contribution >= 4 is 17.6 Å². The van der Waals surface area contributed by atoms with Crippen molar-refractivity contribution in [3.8, 4) is 0 Å². The summed E-state index contributed by atoms with van der Waals surface area (Å²) >= 11 is 0. The molecular weight excluding hydrogens is 302 g/mol. The first-order valence-corrected chi connectivity index (χ1v) is 9.81. The number of likely N-dealkylation sites (N-methyl/N-ethyl adjacent to an activating group) is 1. The van der Waals surface area contributed by atoms with Crippen molar-refractivity contribution in [3.05, 3.63) is 0 Å². The number of amides is 2. The smallest absolute Gasteiger partial charge is 0.257 e. The lowest BCUT2D eigenvalue weighted by molar-refractivity contribution is -0.141. The average Bonchev–Trinajstić information content (AvgIpc) is 3.21. The van der Waals surface area contributed by atoms with Crippen LogP contribution in [0.15, 0.2) is 4.99 Å². The number of rotatable bonds is 5. The van der Waals surface area contributed by atoms with Crippen LogP contribution >= 0.6 is 0 Å². The average molecular weight is 333 g/mol. The third-order valence-electron chi connectivity index (χ3n) is 5.85. The van der Waals surface area contributed by atoms with Crippen LogP contribution in [0, 0.1) is 5.92 Å². The van der Waals surface area contributed by atoms with Crippen LogP contribution in [0.25, 0.3) is 0 Å². The molecule has 1 aliphatic carbocycles. The lowest BCUT2D eigenvalue weighted by Gasteiger charge is -2.38. The molecule has 0 aromatic carbocycles. The molecule has 0 radical (unpaired) electrons. The first-order chi connectivity index (χ1) is 11.6. The Morgan fingerprint density at radius 2 is 2.00 bits per heavy atom. The standard InChI is InChI=1S/C19H31N3O2/c1-3-5-11-16-20-19(18(24)22(16)4-2)12-8-13-21(14-19)17(23)15-9-6-7-10-15/h15H,3-14H2,1-2H3/t19-/m1/s1. The zero-order valence-electron chi connectivity index (χ0n) is 15.2. The predicted molar refractivity (Wildman–Crippen MR) is 94.9 cm³/mol. The molecule has 24 heavy (non-hydrogen) atoms. The van der Waals surface area contributed by atoms with Crippen LogP contribution in [0.3, 0.4) is 0 Å². The topological polar surface area (TPSA) is 53.0 Å². The summed E-state index contributed by atoms with van der Waals surface area (Å²) in [6.07, 6.45) is 9.06. The minimum absolute atomic E-state index is 0.125. The molecule has 2 aliphatic heterocycles. The number of hydrogen-bond donors (Lipinski definition) is 0. The first-order valence-electron chi connectivity index (χ1n) is 9.81. The molecule has 134 valence electrons. The highest BCUT2D eigenvalue weighted by Gasteiger charge is 2.50. The Kier molecular flexibility index (Phi) is 5.26. The van der Waals surface area contributed by atoms with E-state index in [1.807, 2.05) is 16.7 Å². The number of likely N-dealkylation sites (tertiary alicyclic amines) is 1. The molecule has 2 fully saturated rings. The molecule has 2 amide bonds. The molecule has 1 spiro atoms. The van der Waals surface area contributed by atoms with Gasteiger partial charge in [0, 0.05) is 25.4 Å². The van der Waals surface area contributed by atoms with Crippen molar-refractivity contribution in [3.63, 3.8) is 0 Å². The molecule has 5 nitrogen and oxygen atoms in total. The van der Waals surface area contributed by atoms with E-state index >= 15 is 0 Å². The molecule has 0 bridgehead atoms. The zero-order chi connectivity index (χ0) is 17.2. The largest absolute Gasteiger partial charge is 0.339 e. The lowest BCUT2D eigenvalue weighted by atomic mass is 9.88. The summed E-state index contributed by atoms with van der Waals surface area (Å²) in [5.74, 6) is 1.52. The van der Waals surface area contributed by atoms with Crippen LogP contribution in [-0.4, -0.2) is 52.6 Å². The van der Waals surface area contributed by atoms with Crippen LogP contribution in [-0.2, 0) is 9.59 Å². The van der Waals surface area contributed by atoms with Gasteiger partial charge in [-0.3, -0.25) is 19.5 Å². The fourth-order valence-electron chi connectivity index (χ4n) is 4.50. The molecule has 5 heteroatoms. The van der Waals surface area contributed by atoms with Crippen LogP contribution in [0.4, 0.5) is 0 Å². The molecule has 0 aromatic heterocycles. The minimum Gasteiger partial charge on any atom is -0.339 e. The van der Waals surface area contributed by atoms with E-state index < -0.39 is 5.54 Å². The second kappa shape index (κ2) is 7.24. The van der Waals surface area contributed by atoms with Gasteiger partial charge >= 0.3 is 0 Å². The van der Waals surface area contributed by atoms with Gasteiger partial charge in [0.25, 0.3) is 5.91 Å². The van der Waals surface area contributed by atoms with Gasteiger partial charge in [0.15, 0.2) is 5.54 Å². The summed E-state index contributed by atoms with van der Waals surface area (Å²) in [6, 6.07) is 0. The van der Waals surface area contributed by atoms with Crippen molar-refractivity contribution in [2.75, 3.05) is 19.6 Å². The van der Waals surface area contributed by atoms with Gasteiger partial charge in [-0.05, 0) is 39.0 Å². The Labute approximate surface area is 145 Å². The molecule has 1 saturated carbocycles. The van der Waals surface area contributed by atoms with Crippen molar-refractivity contribution < 1.29 is 9.59 Å². The van der Waals surface area contributed by atoms with Gasteiger partial charge in [-0.15, -0.1) is 0 Å². The molecule has 3 rings (SSSR count). The maximum atomic E-state index is 13.0. The summed E-state index contributed by atoms with van der Waals surface area (Å²) in [6.45, 7) is 6.14. The van der Waals surface area contributed by atoms with E-state index in [1.165, 1.54) is 0 Å². The Balaban J connectivity index is 1.77. The summed E-state index contributed by atoms with van der Waals surface area (Å²) < 4.78 is 0. The number of hydrogen-bond acceptors (Lipinski definition) is 3. The first kappa shape index (κ1) is 17.4. The minimum atomic E-state index is -0.689. The Bertz CT molecular complexity index is 525. The SMILES string of the molecule is CCCCC1=N[C@@]2(CCCN(C(=O)C3CCCC3)C2)C(=O)N1CC. The van der Waals surface area contributed by atoms with Crippen molar-refractivity contribution in [1.29, 1.82) is 0 Å². The maximum absolute atomic E-state index is 13.0. The lowest BCUT2D eigenvalue weighted by Crippen LogP contribution is -2.55. The van der Waals surface area contributed by atoms with Gasteiger partial charge in [-0.2, -0.15) is 0 Å². The van der Waals surface area contributed by atoms with Gasteiger partial charge in [-0.1, -0.05) is 26.2 Å². The maximum Gasteiger partial charge on any atom is 0.257 e. The van der Waals surface area contributed by atoms with Crippen LogP contribution < -0.4 is 0 Å². The van der Waals surface area contributed by atoms with Gasteiger partial charge in [0.1, 0.15) is 5.84 Å². The quantitative estimate of drug-likeness (QED) is 0.776. The number of amidine groups is 1. The zero-order valence-corrected chi connectivity index (χ0v) is 15.2. The van der Waals surface area contributed by atoms with Crippen molar-refractivity contribution in [2.24, 2.45) is 10.9 Å². The van der Waals surface area contributed by atoms with E-state index in [-0.39, 0.29) is 17.7 Å². The van der Waals surface area contributed by atoms with Crippen LogP contribution in [0.1, 0.15) is 71.6 Å². The van der Waals surface area contributed by atoms with E-state index in [0.29, 0.717) is 13.1 Å². The fourth-order valence-corrected chi connectivity index (χ4v) is 4.50. The van der Waals surface area contributed by atoms with E-state index in [4.69, 9.17) is 4.99 Å². The molecule has 0 unspecified atom stereocenters. The summed E-state index contributed by atoms with van der Waals surface area (Å²) in [5, 5.41) is 0. The number of carbonyl (C=O) groups excluding carboxylic acids is 2. The second-order valence-electron chi connectivity index (χ2n) is 7.56. The Morgan fingerprint density at radius 3 is 2.67 bits per heavy atom. The molecule has 0 N–H and O–H groups in total. The van der Waals surface area contributed by atoms with Gasteiger partial charge in [0.05, 0.1) is 6.54 Å². The molecule has 0 aromatic rings. The number of nitrogens with zero attached hydrogens (tertiary/aromatic N) is 3. The molecular formula is C19H31N3O2. The highest BCUT2D eigenvalue weighted by molar-refractivity contribution is 6.08. The third-order valence-corrected chi connectivity index (χ3v) is 5.85. The van der Waals surface area contributed by atoms with Crippen molar-refractivity contribution in [2.45, 2.75) is 77.2 Å². The molecule has 1 atom stereocenters. The third kappa shape index (κ3) is 3.09. The van der Waals surface area contributed by atoms with E-state index in [0.717, 1.165) is 70.2 Å². The molecule has 1 saturated heterocycles. The summed E-state index contributed by atoms with van der Waals surface area (Å²) in [4.78, 5) is 34.6.